The van der Waals surface area contributed by atoms with Gasteiger partial charge in [-0.15, -0.1) is 0 Å². The van der Waals surface area contributed by atoms with E-state index in [0.717, 1.165) is 19.3 Å². The number of unbranched alkanes of at least 4 members (excludes halogenated alkanes) is 2. The Kier molecular flexibility index (Phi) is 7.00. The number of methoxy groups -OCH3 is 1. The van der Waals surface area contributed by atoms with E-state index in [4.69, 9.17) is 9.84 Å². The molecule has 0 spiro atoms. The minimum Gasteiger partial charge on any atom is -0.480 e. The number of carboxylic acids is 1. The van der Waals surface area contributed by atoms with Crippen LogP contribution < -0.4 is 5.32 Å². The molecule has 7 nitrogen and oxygen atoms in total. The highest BCUT2D eigenvalue weighted by Gasteiger charge is 2.36. The third kappa shape index (κ3) is 5.16. The number of hydrogen-bond donors (Lipinski definition) is 2. The Bertz CT molecular complexity index is 348. The van der Waals surface area contributed by atoms with Gasteiger partial charge >= 0.3 is 5.97 Å². The molecule has 0 aromatic heterocycles. The van der Waals surface area contributed by atoms with Crippen molar-refractivity contribution in [3.05, 3.63) is 0 Å². The zero-order valence-electron chi connectivity index (χ0n) is 11.7. The summed E-state index contributed by atoms with van der Waals surface area (Å²) >= 11 is 0. The second-order valence-electron chi connectivity index (χ2n) is 4.96. The number of likely N-dealkylation sites (tertiary alicyclic amines) is 1. The number of aliphatic carboxylic acids is 1. The topological polar surface area (TPSA) is 95.9 Å². The largest absolute Gasteiger partial charge is 0.480 e. The van der Waals surface area contributed by atoms with E-state index in [-0.39, 0.29) is 24.9 Å². The van der Waals surface area contributed by atoms with E-state index < -0.39 is 12.0 Å². The van der Waals surface area contributed by atoms with Gasteiger partial charge in [0.1, 0.15) is 6.04 Å². The van der Waals surface area contributed by atoms with Crippen molar-refractivity contribution >= 4 is 18.3 Å². The van der Waals surface area contributed by atoms with Gasteiger partial charge in [0.2, 0.25) is 12.3 Å². The Morgan fingerprint density at radius 2 is 2.15 bits per heavy atom. The quantitative estimate of drug-likeness (QED) is 0.459. The third-order valence-corrected chi connectivity index (χ3v) is 3.38. The van der Waals surface area contributed by atoms with Crippen LogP contribution in [0.1, 0.15) is 32.1 Å². The molecule has 1 rings (SSSR count). The number of amides is 2. The number of carboxylic acid groups (broad SMARTS) is 1. The number of rotatable bonds is 9. The van der Waals surface area contributed by atoms with Crippen LogP contribution in [0, 0.1) is 0 Å². The van der Waals surface area contributed by atoms with Crippen LogP contribution in [0.5, 0.6) is 0 Å². The SMILES string of the molecule is COCCCCCC(=O)NC1CC(C(=O)O)N(C=O)C1. The van der Waals surface area contributed by atoms with Crippen LogP contribution in [0.15, 0.2) is 0 Å². The van der Waals surface area contributed by atoms with Crippen molar-refractivity contribution in [2.45, 2.75) is 44.2 Å². The average molecular weight is 286 g/mol. The first-order valence-corrected chi connectivity index (χ1v) is 6.80. The number of carbonyl (C=O) groups is 3. The van der Waals surface area contributed by atoms with E-state index >= 15 is 0 Å². The third-order valence-electron chi connectivity index (χ3n) is 3.38. The Hall–Kier alpha value is -1.63. The van der Waals surface area contributed by atoms with E-state index in [9.17, 15) is 14.4 Å². The molecule has 1 heterocycles. The highest BCUT2D eigenvalue weighted by atomic mass is 16.5. The van der Waals surface area contributed by atoms with Gasteiger partial charge in [0, 0.05) is 39.1 Å². The summed E-state index contributed by atoms with van der Waals surface area (Å²) < 4.78 is 4.92. The molecule has 20 heavy (non-hydrogen) atoms. The fraction of sp³-hybridized carbons (Fsp3) is 0.769. The molecule has 0 aliphatic carbocycles. The molecular formula is C13H22N2O5. The molecule has 2 atom stereocenters. The van der Waals surface area contributed by atoms with Gasteiger partial charge in [-0.05, 0) is 12.8 Å². The number of ether oxygens (including phenoxy) is 1. The van der Waals surface area contributed by atoms with Crippen LogP contribution in [-0.4, -0.2) is 60.6 Å². The standard InChI is InChI=1S/C13H22N2O5/c1-20-6-4-2-3-5-12(17)14-10-7-11(13(18)19)15(8-10)9-16/h9-11H,2-8H2,1H3,(H,14,17)(H,18,19). The van der Waals surface area contributed by atoms with Gasteiger partial charge in [-0.25, -0.2) is 4.79 Å². The predicted molar refractivity (Wildman–Crippen MR) is 71.1 cm³/mol. The van der Waals surface area contributed by atoms with E-state index in [2.05, 4.69) is 5.32 Å². The zero-order chi connectivity index (χ0) is 15.0. The van der Waals surface area contributed by atoms with Gasteiger partial charge in [-0.3, -0.25) is 9.59 Å². The molecule has 0 radical (unpaired) electrons. The van der Waals surface area contributed by atoms with Crippen LogP contribution in [0.3, 0.4) is 0 Å². The lowest BCUT2D eigenvalue weighted by atomic mass is 10.1. The number of nitrogens with zero attached hydrogens (tertiary/aromatic N) is 1. The summed E-state index contributed by atoms with van der Waals surface area (Å²) in [7, 11) is 1.64. The summed E-state index contributed by atoms with van der Waals surface area (Å²) in [6, 6.07) is -1.10. The Morgan fingerprint density at radius 1 is 1.40 bits per heavy atom. The summed E-state index contributed by atoms with van der Waals surface area (Å²) in [6.07, 6.45) is 3.83. The molecule has 1 aliphatic rings. The van der Waals surface area contributed by atoms with Gasteiger partial charge in [-0.2, -0.15) is 0 Å². The minimum atomic E-state index is -1.03. The molecule has 0 saturated carbocycles. The number of carbonyl (C=O) groups excluding carboxylic acids is 2. The second-order valence-corrected chi connectivity index (χ2v) is 4.96. The maximum absolute atomic E-state index is 11.7. The van der Waals surface area contributed by atoms with Crippen LogP contribution in [0.25, 0.3) is 0 Å². The van der Waals surface area contributed by atoms with E-state index in [1.165, 1.54) is 4.90 Å². The Labute approximate surface area is 118 Å². The summed E-state index contributed by atoms with van der Waals surface area (Å²) in [5, 5.41) is 11.8. The van der Waals surface area contributed by atoms with Gasteiger partial charge in [0.05, 0.1) is 0 Å². The second kappa shape index (κ2) is 8.52. The molecule has 1 aliphatic heterocycles. The minimum absolute atomic E-state index is 0.0932. The van der Waals surface area contributed by atoms with Crippen molar-refractivity contribution in [3.63, 3.8) is 0 Å². The Morgan fingerprint density at radius 3 is 2.70 bits per heavy atom. The highest BCUT2D eigenvalue weighted by molar-refractivity contribution is 5.79. The smallest absolute Gasteiger partial charge is 0.326 e. The molecule has 2 N–H and O–H groups in total. The first-order valence-electron chi connectivity index (χ1n) is 6.80. The van der Waals surface area contributed by atoms with E-state index in [1.807, 2.05) is 0 Å². The van der Waals surface area contributed by atoms with Gasteiger partial charge in [0.25, 0.3) is 0 Å². The summed E-state index contributed by atoms with van der Waals surface area (Å²) in [5.41, 5.74) is 0. The van der Waals surface area contributed by atoms with Crippen LogP contribution in [0.4, 0.5) is 0 Å². The van der Waals surface area contributed by atoms with Gasteiger partial charge < -0.3 is 20.1 Å². The van der Waals surface area contributed by atoms with Gasteiger partial charge in [0.15, 0.2) is 0 Å². The van der Waals surface area contributed by atoms with Crippen molar-refractivity contribution in [1.82, 2.24) is 10.2 Å². The Balaban J connectivity index is 2.26. The molecule has 1 saturated heterocycles. The van der Waals surface area contributed by atoms with Crippen LogP contribution in [0.2, 0.25) is 0 Å². The first-order chi connectivity index (χ1) is 9.58. The normalized spacial score (nSPS) is 21.8. The average Bonchev–Trinajstić information content (AvgIpc) is 2.81. The lowest BCUT2D eigenvalue weighted by Gasteiger charge is -2.14. The predicted octanol–water partition coefficient (Wildman–Crippen LogP) is -0.00670. The number of nitrogens with one attached hydrogen (secondary N) is 1. The molecular weight excluding hydrogens is 264 g/mol. The zero-order valence-corrected chi connectivity index (χ0v) is 11.7. The van der Waals surface area contributed by atoms with Crippen LogP contribution >= 0.6 is 0 Å². The molecule has 114 valence electrons. The maximum Gasteiger partial charge on any atom is 0.326 e. The molecule has 2 amide bonds. The molecule has 7 heteroatoms. The fourth-order valence-corrected chi connectivity index (χ4v) is 2.33. The first kappa shape index (κ1) is 16.4. The molecule has 0 aromatic rings. The van der Waals surface area contributed by atoms with Crippen molar-refractivity contribution in [2.24, 2.45) is 0 Å². The maximum atomic E-state index is 11.7. The lowest BCUT2D eigenvalue weighted by Crippen LogP contribution is -2.37. The van der Waals surface area contributed by atoms with Crippen molar-refractivity contribution in [3.8, 4) is 0 Å². The summed E-state index contributed by atoms with van der Waals surface area (Å²) in [5.74, 6) is -1.13. The molecule has 2 unspecified atom stereocenters. The molecule has 0 aromatic carbocycles. The monoisotopic (exact) mass is 286 g/mol. The van der Waals surface area contributed by atoms with E-state index in [1.54, 1.807) is 7.11 Å². The molecule has 0 bridgehead atoms. The van der Waals surface area contributed by atoms with Crippen molar-refractivity contribution in [1.29, 1.82) is 0 Å². The molecule has 1 fully saturated rings. The fourth-order valence-electron chi connectivity index (χ4n) is 2.33. The van der Waals surface area contributed by atoms with Crippen molar-refractivity contribution in [2.75, 3.05) is 20.3 Å². The lowest BCUT2D eigenvalue weighted by molar-refractivity contribution is -0.144. The van der Waals surface area contributed by atoms with Crippen molar-refractivity contribution < 1.29 is 24.2 Å². The van der Waals surface area contributed by atoms with E-state index in [0.29, 0.717) is 19.4 Å². The van der Waals surface area contributed by atoms with Crippen LogP contribution in [-0.2, 0) is 19.1 Å². The summed E-state index contributed by atoms with van der Waals surface area (Å²) in [6.45, 7) is 0.953. The number of hydrogen-bond acceptors (Lipinski definition) is 4. The highest BCUT2D eigenvalue weighted by Crippen LogP contribution is 2.16. The summed E-state index contributed by atoms with van der Waals surface area (Å²) in [4.78, 5) is 34.6. The van der Waals surface area contributed by atoms with Gasteiger partial charge in [-0.1, -0.05) is 6.42 Å².